The van der Waals surface area contributed by atoms with Crippen molar-refractivity contribution in [3.63, 3.8) is 0 Å². The average molecular weight is 740 g/mol. The Morgan fingerprint density at radius 1 is 0.276 bits per heavy atom. The SMILES string of the molecule is c1ccc(-c2ccc3c(c2)c2cc(-n4c5ccccc5c5ccccc54)ccc2n3-c2ccc(-c3ccc4c(c3)c3cccc5c3n4-c3ccccc3O5)cc2)cc1. The molecule has 3 aromatic heterocycles. The Labute approximate surface area is 333 Å². The van der Waals surface area contributed by atoms with Gasteiger partial charge >= 0.3 is 0 Å². The zero-order chi connectivity index (χ0) is 37.9. The molecule has 0 bridgehead atoms. The van der Waals surface area contributed by atoms with Crippen molar-refractivity contribution in [2.45, 2.75) is 0 Å². The van der Waals surface area contributed by atoms with E-state index in [2.05, 4.69) is 202 Å². The first-order valence-electron chi connectivity index (χ1n) is 19.8. The zero-order valence-electron chi connectivity index (χ0n) is 31.3. The van der Waals surface area contributed by atoms with Crippen LogP contribution < -0.4 is 4.74 Å². The Bertz CT molecular complexity index is 3590. The number of para-hydroxylation sites is 5. The number of aromatic nitrogens is 3. The highest BCUT2D eigenvalue weighted by atomic mass is 16.5. The number of hydrogen-bond acceptors (Lipinski definition) is 1. The van der Waals surface area contributed by atoms with Gasteiger partial charge in [-0.2, -0.15) is 0 Å². The molecule has 0 aliphatic carbocycles. The van der Waals surface area contributed by atoms with Crippen LogP contribution in [0.5, 0.6) is 11.5 Å². The van der Waals surface area contributed by atoms with Gasteiger partial charge in [0.05, 0.1) is 38.8 Å². The summed E-state index contributed by atoms with van der Waals surface area (Å²) in [7, 11) is 0. The van der Waals surface area contributed by atoms with Crippen molar-refractivity contribution >= 4 is 65.4 Å². The van der Waals surface area contributed by atoms with Crippen molar-refractivity contribution < 1.29 is 4.74 Å². The molecule has 0 unspecified atom stereocenters. The molecular formula is C54H33N3O. The summed E-state index contributed by atoms with van der Waals surface area (Å²) in [6, 6.07) is 72.6. The third-order valence-electron chi connectivity index (χ3n) is 12.2. The zero-order valence-corrected chi connectivity index (χ0v) is 31.3. The lowest BCUT2D eigenvalue weighted by molar-refractivity contribution is 0.476. The van der Waals surface area contributed by atoms with Gasteiger partial charge in [0.1, 0.15) is 0 Å². The van der Waals surface area contributed by atoms with E-state index in [1.54, 1.807) is 0 Å². The lowest BCUT2D eigenvalue weighted by atomic mass is 10.0. The molecule has 1 aliphatic heterocycles. The van der Waals surface area contributed by atoms with E-state index in [0.29, 0.717) is 0 Å². The Hall–Kier alpha value is -7.82. The van der Waals surface area contributed by atoms with Crippen LogP contribution in [-0.2, 0) is 0 Å². The van der Waals surface area contributed by atoms with Crippen LogP contribution in [0.1, 0.15) is 0 Å². The maximum Gasteiger partial charge on any atom is 0.152 e. The molecule has 1 aliphatic rings. The second kappa shape index (κ2) is 11.8. The molecule has 0 atom stereocenters. The Kier molecular flexibility index (Phi) is 6.41. The van der Waals surface area contributed by atoms with Crippen LogP contribution in [0.4, 0.5) is 0 Å². The summed E-state index contributed by atoms with van der Waals surface area (Å²) in [5.74, 6) is 1.77. The van der Waals surface area contributed by atoms with E-state index < -0.39 is 0 Å². The van der Waals surface area contributed by atoms with Gasteiger partial charge in [0, 0.05) is 43.7 Å². The minimum Gasteiger partial charge on any atom is -0.453 e. The molecule has 13 rings (SSSR count). The lowest BCUT2D eigenvalue weighted by Crippen LogP contribution is -2.03. The highest BCUT2D eigenvalue weighted by molar-refractivity contribution is 6.14. The second-order valence-corrected chi connectivity index (χ2v) is 15.3. The van der Waals surface area contributed by atoms with Crippen LogP contribution in [-0.4, -0.2) is 13.7 Å². The topological polar surface area (TPSA) is 24.0 Å². The lowest BCUT2D eigenvalue weighted by Gasteiger charge is -2.20. The van der Waals surface area contributed by atoms with Gasteiger partial charge < -0.3 is 18.4 Å². The molecule has 58 heavy (non-hydrogen) atoms. The standard InChI is InChI=1S/C54H33N3O/c1-2-11-34(12-3-1)36-23-28-48-44(32-36)45-33-39(56-46-16-6-4-13-40(46)41-14-5-7-17-47(41)56)27-30-49(45)55(48)38-25-21-35(22-26-38)37-24-29-50-43(31-37)42-15-10-20-53-54(42)57(50)51-18-8-9-19-52(51)58-53/h1-33H. The predicted molar refractivity (Wildman–Crippen MR) is 240 cm³/mol. The van der Waals surface area contributed by atoms with Crippen LogP contribution >= 0.6 is 0 Å². The highest BCUT2D eigenvalue weighted by Gasteiger charge is 2.24. The third-order valence-corrected chi connectivity index (χ3v) is 12.2. The smallest absolute Gasteiger partial charge is 0.152 e. The molecule has 0 amide bonds. The van der Waals surface area contributed by atoms with E-state index in [9.17, 15) is 0 Å². The van der Waals surface area contributed by atoms with Gasteiger partial charge in [0.25, 0.3) is 0 Å². The maximum absolute atomic E-state index is 6.37. The molecular weight excluding hydrogens is 707 g/mol. The number of nitrogens with zero attached hydrogens (tertiary/aromatic N) is 3. The molecule has 4 nitrogen and oxygen atoms in total. The van der Waals surface area contributed by atoms with E-state index >= 15 is 0 Å². The van der Waals surface area contributed by atoms with E-state index in [0.717, 1.165) is 34.1 Å². The first kappa shape index (κ1) is 31.4. The van der Waals surface area contributed by atoms with Crippen molar-refractivity contribution in [1.82, 2.24) is 13.7 Å². The van der Waals surface area contributed by atoms with Gasteiger partial charge in [0.2, 0.25) is 0 Å². The average Bonchev–Trinajstić information content (AvgIpc) is 3.93. The van der Waals surface area contributed by atoms with Crippen molar-refractivity contribution in [3.8, 4) is 50.8 Å². The molecule has 12 aromatic rings. The van der Waals surface area contributed by atoms with Gasteiger partial charge in [-0.1, -0.05) is 115 Å². The number of rotatable bonds is 4. The summed E-state index contributed by atoms with van der Waals surface area (Å²) in [6.07, 6.45) is 0. The maximum atomic E-state index is 6.37. The quantitative estimate of drug-likeness (QED) is 0.176. The first-order valence-corrected chi connectivity index (χ1v) is 19.8. The summed E-state index contributed by atoms with van der Waals surface area (Å²) >= 11 is 0. The summed E-state index contributed by atoms with van der Waals surface area (Å²) in [4.78, 5) is 0. The Morgan fingerprint density at radius 2 is 0.759 bits per heavy atom. The van der Waals surface area contributed by atoms with Crippen LogP contribution in [0.3, 0.4) is 0 Å². The molecule has 0 fully saturated rings. The van der Waals surface area contributed by atoms with Gasteiger partial charge in [-0.15, -0.1) is 0 Å². The van der Waals surface area contributed by atoms with E-state index in [4.69, 9.17) is 4.74 Å². The minimum absolute atomic E-state index is 0.879. The Morgan fingerprint density at radius 3 is 1.50 bits per heavy atom. The van der Waals surface area contributed by atoms with Crippen molar-refractivity contribution in [3.05, 3.63) is 200 Å². The van der Waals surface area contributed by atoms with Crippen LogP contribution in [0, 0.1) is 0 Å². The molecule has 4 heteroatoms. The summed E-state index contributed by atoms with van der Waals surface area (Å²) in [5, 5.41) is 7.39. The van der Waals surface area contributed by atoms with Gasteiger partial charge in [-0.05, 0) is 107 Å². The number of benzene rings is 9. The molecule has 0 saturated carbocycles. The van der Waals surface area contributed by atoms with Crippen molar-refractivity contribution in [2.75, 3.05) is 0 Å². The van der Waals surface area contributed by atoms with E-state index in [1.807, 2.05) is 12.1 Å². The van der Waals surface area contributed by atoms with Crippen molar-refractivity contribution in [1.29, 1.82) is 0 Å². The fraction of sp³-hybridized carbons (Fsp3) is 0. The number of hydrogen-bond donors (Lipinski definition) is 0. The van der Waals surface area contributed by atoms with Crippen molar-refractivity contribution in [2.24, 2.45) is 0 Å². The van der Waals surface area contributed by atoms with Gasteiger partial charge in [0.15, 0.2) is 11.5 Å². The monoisotopic (exact) mass is 739 g/mol. The number of ether oxygens (including phenoxy) is 1. The molecule has 9 aromatic carbocycles. The molecule has 0 radical (unpaired) electrons. The first-order chi connectivity index (χ1) is 28.8. The van der Waals surface area contributed by atoms with Crippen LogP contribution in [0.15, 0.2) is 200 Å². The van der Waals surface area contributed by atoms with Crippen LogP contribution in [0.2, 0.25) is 0 Å². The third kappa shape index (κ3) is 4.40. The van der Waals surface area contributed by atoms with E-state index in [1.165, 1.54) is 82.2 Å². The minimum atomic E-state index is 0.879. The summed E-state index contributed by atoms with van der Waals surface area (Å²) in [6.45, 7) is 0. The van der Waals surface area contributed by atoms with E-state index in [-0.39, 0.29) is 0 Å². The normalized spacial score (nSPS) is 12.3. The fourth-order valence-corrected chi connectivity index (χ4v) is 9.64. The van der Waals surface area contributed by atoms with Gasteiger partial charge in [-0.25, -0.2) is 0 Å². The molecule has 270 valence electrons. The Balaban J connectivity index is 0.974. The molecule has 4 heterocycles. The highest BCUT2D eigenvalue weighted by Crippen LogP contribution is 2.46. The fourth-order valence-electron chi connectivity index (χ4n) is 9.64. The second-order valence-electron chi connectivity index (χ2n) is 15.3. The molecule has 0 spiro atoms. The van der Waals surface area contributed by atoms with Gasteiger partial charge in [-0.3, -0.25) is 0 Å². The summed E-state index contributed by atoms with van der Waals surface area (Å²) in [5.41, 5.74) is 15.2. The summed E-state index contributed by atoms with van der Waals surface area (Å²) < 4.78 is 13.6. The molecule has 0 saturated heterocycles. The largest absolute Gasteiger partial charge is 0.453 e. The predicted octanol–water partition coefficient (Wildman–Crippen LogP) is 14.4. The number of fused-ring (bicyclic) bond motifs is 11. The van der Waals surface area contributed by atoms with Crippen LogP contribution in [0.25, 0.3) is 105 Å². The molecule has 0 N–H and O–H groups in total.